The fraction of sp³-hybridized carbons (Fsp3) is 0.182. The minimum absolute atomic E-state index is 0.0920. The molecule has 0 unspecified atom stereocenters. The average molecular weight is 479 g/mol. The van der Waals surface area contributed by atoms with Gasteiger partial charge in [-0.15, -0.1) is 0 Å². The molecule has 11 heteroatoms. The average Bonchev–Trinajstić information content (AvgIpc) is 3.30. The number of nitrogens with zero attached hydrogens (tertiary/aromatic N) is 2. The van der Waals surface area contributed by atoms with Crippen molar-refractivity contribution in [1.82, 2.24) is 9.72 Å². The van der Waals surface area contributed by atoms with E-state index in [1.54, 1.807) is 24.3 Å². The van der Waals surface area contributed by atoms with Crippen molar-refractivity contribution in [2.75, 3.05) is 11.8 Å². The van der Waals surface area contributed by atoms with Crippen LogP contribution in [0.1, 0.15) is 12.0 Å². The number of nitrogens with one attached hydrogen (secondary N) is 1. The summed E-state index contributed by atoms with van der Waals surface area (Å²) in [5.41, 5.74) is -0.000273. The molecule has 4 rings (SSSR count). The summed E-state index contributed by atoms with van der Waals surface area (Å²) >= 11 is 1.28. The molecule has 0 saturated carbocycles. The van der Waals surface area contributed by atoms with Crippen LogP contribution in [0.15, 0.2) is 69.0 Å². The Morgan fingerprint density at radius 3 is 2.67 bits per heavy atom. The van der Waals surface area contributed by atoms with Gasteiger partial charge in [0.15, 0.2) is 5.82 Å². The third kappa shape index (κ3) is 5.14. The minimum Gasteiger partial charge on any atom is -0.495 e. The molecule has 6 nitrogen and oxygen atoms in total. The zero-order chi connectivity index (χ0) is 23.6. The highest BCUT2D eigenvalue weighted by Crippen LogP contribution is 2.32. The predicted molar refractivity (Wildman–Crippen MR) is 116 cm³/mol. The number of methoxy groups -OCH3 is 1. The van der Waals surface area contributed by atoms with Gasteiger partial charge in [-0.1, -0.05) is 5.16 Å². The number of fused-ring (bicyclic) bond motifs is 1. The molecule has 0 bridgehead atoms. The number of aryl methyl sites for hydroxylation is 1. The molecule has 1 N–H and O–H groups in total. The first-order chi connectivity index (χ1) is 15.7. The fourth-order valence-electron chi connectivity index (χ4n) is 3.30. The van der Waals surface area contributed by atoms with Crippen LogP contribution >= 0.6 is 11.9 Å². The van der Waals surface area contributed by atoms with Gasteiger partial charge in [0, 0.05) is 29.5 Å². The summed E-state index contributed by atoms with van der Waals surface area (Å²) in [6.07, 6.45) is -4.68. The van der Waals surface area contributed by atoms with E-state index in [9.17, 15) is 22.4 Å². The van der Waals surface area contributed by atoms with Crippen molar-refractivity contribution >= 4 is 28.7 Å². The number of rotatable bonds is 7. The van der Waals surface area contributed by atoms with Gasteiger partial charge in [0.25, 0.3) is 5.56 Å². The van der Waals surface area contributed by atoms with Crippen LogP contribution in [-0.4, -0.2) is 23.0 Å². The van der Waals surface area contributed by atoms with Gasteiger partial charge < -0.3 is 14.0 Å². The molecule has 0 radical (unpaired) electrons. The largest absolute Gasteiger partial charge is 0.495 e. The number of hydrogen-bond acceptors (Lipinski definition) is 6. The summed E-state index contributed by atoms with van der Waals surface area (Å²) < 4.78 is 66.8. The lowest BCUT2D eigenvalue weighted by Crippen LogP contribution is -2.18. The molecule has 0 fully saturated rings. The van der Waals surface area contributed by atoms with Crippen molar-refractivity contribution in [1.29, 1.82) is 0 Å². The van der Waals surface area contributed by atoms with E-state index in [4.69, 9.17) is 9.26 Å². The maximum Gasteiger partial charge on any atom is 0.389 e. The molecule has 0 saturated heterocycles. The van der Waals surface area contributed by atoms with E-state index in [-0.39, 0.29) is 17.0 Å². The molecule has 2 aromatic heterocycles. The molecule has 33 heavy (non-hydrogen) atoms. The van der Waals surface area contributed by atoms with E-state index >= 15 is 0 Å². The van der Waals surface area contributed by atoms with Crippen LogP contribution in [-0.2, 0) is 6.42 Å². The Morgan fingerprint density at radius 1 is 1.15 bits per heavy atom. The normalized spacial score (nSPS) is 11.7. The van der Waals surface area contributed by atoms with Crippen molar-refractivity contribution in [2.45, 2.75) is 23.9 Å². The highest BCUT2D eigenvalue weighted by molar-refractivity contribution is 8.00. The number of alkyl halides is 3. The van der Waals surface area contributed by atoms with Crippen molar-refractivity contribution in [3.63, 3.8) is 0 Å². The van der Waals surface area contributed by atoms with Crippen LogP contribution in [0.4, 0.5) is 23.4 Å². The molecular weight excluding hydrogens is 462 g/mol. The van der Waals surface area contributed by atoms with Crippen LogP contribution in [0.5, 0.6) is 5.75 Å². The molecule has 0 aliphatic heterocycles. The Kier molecular flexibility index (Phi) is 6.32. The number of ether oxygens (including phenoxy) is 1. The molecular formula is C22H17F4N3O3S. The highest BCUT2D eigenvalue weighted by atomic mass is 32.2. The summed E-state index contributed by atoms with van der Waals surface area (Å²) in [7, 11) is 1.31. The third-order valence-corrected chi connectivity index (χ3v) is 5.64. The van der Waals surface area contributed by atoms with Crippen molar-refractivity contribution in [2.24, 2.45) is 0 Å². The first-order valence-corrected chi connectivity index (χ1v) is 10.5. The van der Waals surface area contributed by atoms with Gasteiger partial charge in [-0.05, 0) is 59.7 Å². The van der Waals surface area contributed by atoms with Gasteiger partial charge in [0.2, 0.25) is 0 Å². The maximum atomic E-state index is 14.7. The highest BCUT2D eigenvalue weighted by Gasteiger charge is 2.27. The second-order valence-corrected chi connectivity index (χ2v) is 7.93. The number of pyridine rings is 1. The Balaban J connectivity index is 1.73. The molecule has 0 atom stereocenters. The third-order valence-electron chi connectivity index (χ3n) is 4.84. The van der Waals surface area contributed by atoms with Gasteiger partial charge in [0.1, 0.15) is 17.8 Å². The Labute approximate surface area is 189 Å². The number of benzene rings is 2. The van der Waals surface area contributed by atoms with Crippen LogP contribution in [0.2, 0.25) is 0 Å². The van der Waals surface area contributed by atoms with Crippen molar-refractivity contribution < 1.29 is 26.8 Å². The zero-order valence-electron chi connectivity index (χ0n) is 17.1. The summed E-state index contributed by atoms with van der Waals surface area (Å²) in [5.74, 6) is -0.215. The SMILES string of the molecule is COc1cc(CCC(F)(F)F)c(F)cc1-n1c(=O)ccc2cc(SNc3ccon3)ccc21. The van der Waals surface area contributed by atoms with E-state index in [2.05, 4.69) is 9.88 Å². The van der Waals surface area contributed by atoms with E-state index < -0.39 is 30.4 Å². The monoisotopic (exact) mass is 479 g/mol. The lowest BCUT2D eigenvalue weighted by atomic mass is 10.1. The second-order valence-electron chi connectivity index (χ2n) is 7.05. The lowest BCUT2D eigenvalue weighted by molar-refractivity contribution is -0.134. The van der Waals surface area contributed by atoms with Gasteiger partial charge in [-0.3, -0.25) is 9.36 Å². The van der Waals surface area contributed by atoms with E-state index in [1.165, 1.54) is 42.0 Å². The number of aromatic nitrogens is 2. The molecule has 2 aromatic carbocycles. The standard InChI is InChI=1S/C22H17F4N3O3S/c1-31-19-11-13(6-8-22(24,25)26)16(23)12-18(19)29-17-4-3-15(10-14(17)2-5-21(29)30)33-28-20-7-9-32-27-20/h2-5,7,9-12H,6,8H2,1H3,(H,27,28). The Bertz CT molecular complexity index is 1340. The van der Waals surface area contributed by atoms with Crippen LogP contribution in [0.3, 0.4) is 0 Å². The quantitative estimate of drug-likeness (QED) is 0.269. The maximum absolute atomic E-state index is 14.7. The number of halogens is 4. The summed E-state index contributed by atoms with van der Waals surface area (Å²) in [6.45, 7) is 0. The number of anilines is 1. The first-order valence-electron chi connectivity index (χ1n) is 9.68. The van der Waals surface area contributed by atoms with Gasteiger partial charge in [-0.2, -0.15) is 13.2 Å². The molecule has 0 aliphatic carbocycles. The van der Waals surface area contributed by atoms with Crippen LogP contribution < -0.4 is 15.0 Å². The van der Waals surface area contributed by atoms with Gasteiger partial charge in [-0.25, -0.2) is 4.39 Å². The van der Waals surface area contributed by atoms with Gasteiger partial charge in [0.05, 0.1) is 18.3 Å². The Morgan fingerprint density at radius 2 is 1.97 bits per heavy atom. The van der Waals surface area contributed by atoms with E-state index in [0.29, 0.717) is 16.7 Å². The molecule has 0 aliphatic rings. The predicted octanol–water partition coefficient (Wildman–Crippen LogP) is 5.74. The minimum atomic E-state index is -4.41. The van der Waals surface area contributed by atoms with E-state index in [0.717, 1.165) is 11.0 Å². The van der Waals surface area contributed by atoms with Gasteiger partial charge >= 0.3 is 6.18 Å². The molecule has 0 spiro atoms. The first kappa shape index (κ1) is 22.7. The topological polar surface area (TPSA) is 69.3 Å². The summed E-state index contributed by atoms with van der Waals surface area (Å²) in [4.78, 5) is 13.5. The van der Waals surface area contributed by atoms with Crippen molar-refractivity contribution in [3.05, 3.63) is 76.5 Å². The summed E-state index contributed by atoms with van der Waals surface area (Å²) in [5, 5.41) is 4.44. The second kappa shape index (κ2) is 9.18. The Hall–Kier alpha value is -3.47. The van der Waals surface area contributed by atoms with E-state index in [1.807, 2.05) is 6.07 Å². The molecule has 0 amide bonds. The zero-order valence-corrected chi connectivity index (χ0v) is 18.0. The lowest BCUT2D eigenvalue weighted by Gasteiger charge is -2.16. The summed E-state index contributed by atoms with van der Waals surface area (Å²) in [6, 6.07) is 12.1. The number of hydrogen-bond donors (Lipinski definition) is 1. The van der Waals surface area contributed by atoms with Crippen LogP contribution in [0.25, 0.3) is 16.6 Å². The molecule has 4 aromatic rings. The fourth-order valence-corrected chi connectivity index (χ4v) is 3.95. The molecule has 172 valence electrons. The van der Waals surface area contributed by atoms with Crippen molar-refractivity contribution in [3.8, 4) is 11.4 Å². The smallest absolute Gasteiger partial charge is 0.389 e. The van der Waals surface area contributed by atoms with Crippen LogP contribution in [0, 0.1) is 5.82 Å². The molecule has 2 heterocycles.